The lowest BCUT2D eigenvalue weighted by Crippen LogP contribution is -2.08. The SMILES string of the molecule is CCn1ccnc1COc1cc(CNC)ccc1OC. The van der Waals surface area contributed by atoms with E-state index >= 15 is 0 Å². The molecule has 0 radical (unpaired) electrons. The van der Waals surface area contributed by atoms with Crippen molar-refractivity contribution in [3.05, 3.63) is 42.0 Å². The first-order valence-electron chi connectivity index (χ1n) is 6.72. The maximum atomic E-state index is 5.87. The van der Waals surface area contributed by atoms with Gasteiger partial charge in [-0.05, 0) is 31.7 Å². The van der Waals surface area contributed by atoms with Crippen LogP contribution in [0.2, 0.25) is 0 Å². The van der Waals surface area contributed by atoms with E-state index in [9.17, 15) is 0 Å². The summed E-state index contributed by atoms with van der Waals surface area (Å²) in [6.07, 6.45) is 3.74. The molecule has 0 saturated heterocycles. The zero-order valence-corrected chi connectivity index (χ0v) is 12.2. The molecule has 0 aliphatic heterocycles. The van der Waals surface area contributed by atoms with Crippen molar-refractivity contribution in [1.29, 1.82) is 0 Å². The Morgan fingerprint density at radius 2 is 2.15 bits per heavy atom. The minimum atomic E-state index is 0.431. The number of imidazole rings is 1. The van der Waals surface area contributed by atoms with E-state index in [1.807, 2.05) is 31.4 Å². The largest absolute Gasteiger partial charge is 0.493 e. The molecule has 5 nitrogen and oxygen atoms in total. The summed E-state index contributed by atoms with van der Waals surface area (Å²) in [5.41, 5.74) is 1.15. The molecule has 0 aliphatic carbocycles. The van der Waals surface area contributed by atoms with Crippen LogP contribution in [-0.2, 0) is 19.7 Å². The predicted octanol–water partition coefficient (Wildman–Crippen LogP) is 2.21. The molecule has 0 unspecified atom stereocenters. The van der Waals surface area contributed by atoms with Crippen LogP contribution >= 0.6 is 0 Å². The Morgan fingerprint density at radius 3 is 2.85 bits per heavy atom. The first kappa shape index (κ1) is 14.4. The molecule has 0 spiro atoms. The molecule has 0 amide bonds. The summed E-state index contributed by atoms with van der Waals surface area (Å²) in [6, 6.07) is 5.94. The van der Waals surface area contributed by atoms with Crippen molar-refractivity contribution in [3.8, 4) is 11.5 Å². The van der Waals surface area contributed by atoms with E-state index in [-0.39, 0.29) is 0 Å². The zero-order chi connectivity index (χ0) is 14.4. The standard InChI is InChI=1S/C15H21N3O2/c1-4-18-8-7-17-15(18)11-20-14-9-12(10-16-2)5-6-13(14)19-3/h5-9,16H,4,10-11H2,1-3H3. The highest BCUT2D eigenvalue weighted by atomic mass is 16.5. The summed E-state index contributed by atoms with van der Waals surface area (Å²) in [4.78, 5) is 4.30. The van der Waals surface area contributed by atoms with Gasteiger partial charge in [-0.25, -0.2) is 4.98 Å². The molecule has 0 atom stereocenters. The summed E-state index contributed by atoms with van der Waals surface area (Å²) < 4.78 is 13.3. The maximum absolute atomic E-state index is 5.87. The van der Waals surface area contributed by atoms with Crippen LogP contribution in [0, 0.1) is 0 Å². The smallest absolute Gasteiger partial charge is 0.162 e. The second kappa shape index (κ2) is 6.96. The number of nitrogens with zero attached hydrogens (tertiary/aromatic N) is 2. The molecule has 1 heterocycles. The Morgan fingerprint density at radius 1 is 1.30 bits per heavy atom. The fourth-order valence-electron chi connectivity index (χ4n) is 2.06. The van der Waals surface area contributed by atoms with Crippen LogP contribution in [0.5, 0.6) is 11.5 Å². The number of nitrogens with one attached hydrogen (secondary N) is 1. The van der Waals surface area contributed by atoms with Crippen molar-refractivity contribution >= 4 is 0 Å². The molecule has 0 fully saturated rings. The number of hydrogen-bond donors (Lipinski definition) is 1. The number of methoxy groups -OCH3 is 1. The molecule has 1 N–H and O–H groups in total. The van der Waals surface area contributed by atoms with Gasteiger partial charge < -0.3 is 19.4 Å². The van der Waals surface area contributed by atoms with Crippen molar-refractivity contribution in [3.63, 3.8) is 0 Å². The maximum Gasteiger partial charge on any atom is 0.162 e. The number of rotatable bonds is 7. The molecule has 1 aromatic heterocycles. The van der Waals surface area contributed by atoms with Gasteiger partial charge in [0.1, 0.15) is 12.4 Å². The molecule has 0 aliphatic rings. The lowest BCUT2D eigenvalue weighted by molar-refractivity contribution is 0.271. The fraction of sp³-hybridized carbons (Fsp3) is 0.400. The van der Waals surface area contributed by atoms with Crippen LogP contribution in [-0.4, -0.2) is 23.7 Å². The lowest BCUT2D eigenvalue weighted by atomic mass is 10.2. The van der Waals surface area contributed by atoms with Gasteiger partial charge in [-0.2, -0.15) is 0 Å². The summed E-state index contributed by atoms with van der Waals surface area (Å²) in [5, 5.41) is 3.12. The van der Waals surface area contributed by atoms with Crippen LogP contribution in [0.3, 0.4) is 0 Å². The molecular formula is C15H21N3O2. The molecule has 108 valence electrons. The molecule has 2 aromatic rings. The summed E-state index contributed by atoms with van der Waals surface area (Å²) >= 11 is 0. The van der Waals surface area contributed by atoms with Gasteiger partial charge in [0.2, 0.25) is 0 Å². The number of hydrogen-bond acceptors (Lipinski definition) is 4. The van der Waals surface area contributed by atoms with E-state index in [1.54, 1.807) is 13.3 Å². The van der Waals surface area contributed by atoms with Gasteiger partial charge >= 0.3 is 0 Å². The van der Waals surface area contributed by atoms with E-state index in [0.29, 0.717) is 6.61 Å². The Hall–Kier alpha value is -2.01. The number of benzene rings is 1. The average molecular weight is 275 g/mol. The van der Waals surface area contributed by atoms with E-state index in [2.05, 4.69) is 21.8 Å². The minimum absolute atomic E-state index is 0.431. The van der Waals surface area contributed by atoms with Gasteiger partial charge in [-0.3, -0.25) is 0 Å². The van der Waals surface area contributed by atoms with Crippen LogP contribution < -0.4 is 14.8 Å². The summed E-state index contributed by atoms with van der Waals surface area (Å²) in [6.45, 7) is 4.19. The summed E-state index contributed by atoms with van der Waals surface area (Å²) in [7, 11) is 3.57. The Bertz CT molecular complexity index is 552. The van der Waals surface area contributed by atoms with Gasteiger partial charge in [-0.1, -0.05) is 6.07 Å². The van der Waals surface area contributed by atoms with Crippen molar-refractivity contribution in [2.24, 2.45) is 0 Å². The highest BCUT2D eigenvalue weighted by Gasteiger charge is 2.08. The molecule has 5 heteroatoms. The van der Waals surface area contributed by atoms with Gasteiger partial charge in [0.15, 0.2) is 11.5 Å². The van der Waals surface area contributed by atoms with E-state index in [0.717, 1.165) is 36.0 Å². The van der Waals surface area contributed by atoms with Crippen LogP contribution in [0.4, 0.5) is 0 Å². The lowest BCUT2D eigenvalue weighted by Gasteiger charge is -2.12. The van der Waals surface area contributed by atoms with Crippen LogP contribution in [0.15, 0.2) is 30.6 Å². The molecule has 20 heavy (non-hydrogen) atoms. The van der Waals surface area contributed by atoms with Crippen molar-refractivity contribution in [2.45, 2.75) is 26.6 Å². The first-order chi connectivity index (χ1) is 9.78. The highest BCUT2D eigenvalue weighted by molar-refractivity contribution is 5.43. The van der Waals surface area contributed by atoms with Gasteiger partial charge in [0.25, 0.3) is 0 Å². The number of ether oxygens (including phenoxy) is 2. The normalized spacial score (nSPS) is 10.6. The molecule has 0 bridgehead atoms. The van der Waals surface area contributed by atoms with E-state index in [4.69, 9.17) is 9.47 Å². The zero-order valence-electron chi connectivity index (χ0n) is 12.2. The molecular weight excluding hydrogens is 254 g/mol. The second-order valence-corrected chi connectivity index (χ2v) is 4.43. The van der Waals surface area contributed by atoms with Crippen LogP contribution in [0.1, 0.15) is 18.3 Å². The predicted molar refractivity (Wildman–Crippen MR) is 78.0 cm³/mol. The Labute approximate surface area is 119 Å². The van der Waals surface area contributed by atoms with Gasteiger partial charge in [0.05, 0.1) is 7.11 Å². The Balaban J connectivity index is 2.12. The number of aromatic nitrogens is 2. The van der Waals surface area contributed by atoms with Crippen molar-refractivity contribution in [2.75, 3.05) is 14.2 Å². The van der Waals surface area contributed by atoms with Crippen LogP contribution in [0.25, 0.3) is 0 Å². The quantitative estimate of drug-likeness (QED) is 0.841. The molecule has 1 aromatic carbocycles. The Kier molecular flexibility index (Phi) is 5.01. The van der Waals surface area contributed by atoms with Crippen molar-refractivity contribution < 1.29 is 9.47 Å². The molecule has 2 rings (SSSR count). The summed E-state index contributed by atoms with van der Waals surface area (Å²) in [5.74, 6) is 2.39. The fourth-order valence-corrected chi connectivity index (χ4v) is 2.06. The molecule has 0 saturated carbocycles. The topological polar surface area (TPSA) is 48.3 Å². The minimum Gasteiger partial charge on any atom is -0.493 e. The number of aryl methyl sites for hydroxylation is 1. The highest BCUT2D eigenvalue weighted by Crippen LogP contribution is 2.28. The third-order valence-corrected chi connectivity index (χ3v) is 3.11. The van der Waals surface area contributed by atoms with Crippen molar-refractivity contribution in [1.82, 2.24) is 14.9 Å². The first-order valence-corrected chi connectivity index (χ1v) is 6.72. The van der Waals surface area contributed by atoms with Gasteiger partial charge in [0, 0.05) is 25.5 Å². The van der Waals surface area contributed by atoms with Gasteiger partial charge in [-0.15, -0.1) is 0 Å². The van der Waals surface area contributed by atoms with E-state index in [1.165, 1.54) is 0 Å². The third kappa shape index (κ3) is 3.30. The monoisotopic (exact) mass is 275 g/mol. The third-order valence-electron chi connectivity index (χ3n) is 3.11. The average Bonchev–Trinajstić information content (AvgIpc) is 2.93. The second-order valence-electron chi connectivity index (χ2n) is 4.43. The van der Waals surface area contributed by atoms with E-state index < -0.39 is 0 Å².